The maximum Gasteiger partial charge on any atom is 0.264 e. The van der Waals surface area contributed by atoms with Gasteiger partial charge in [0.1, 0.15) is 6.61 Å². The standard InChI is InChI=1S/C16H14ClNO3/c17-12-7-5-11(6-8-12)9-18-16(19)15-10-20-13-3-1-2-4-14(13)21-15/h1-8,15H,9-10H2,(H,18,19)/t15-/m0/s1. The van der Waals surface area contributed by atoms with Gasteiger partial charge in [0, 0.05) is 11.6 Å². The Morgan fingerprint density at radius 1 is 1.14 bits per heavy atom. The first kappa shape index (κ1) is 13.8. The Labute approximate surface area is 127 Å². The largest absolute Gasteiger partial charge is 0.485 e. The van der Waals surface area contributed by atoms with Crippen molar-refractivity contribution in [1.82, 2.24) is 5.32 Å². The zero-order chi connectivity index (χ0) is 14.7. The summed E-state index contributed by atoms with van der Waals surface area (Å²) in [5, 5.41) is 3.50. The van der Waals surface area contributed by atoms with Gasteiger partial charge < -0.3 is 14.8 Å². The molecule has 2 aromatic carbocycles. The Morgan fingerprint density at radius 2 is 1.86 bits per heavy atom. The second-order valence-electron chi connectivity index (χ2n) is 4.71. The summed E-state index contributed by atoms with van der Waals surface area (Å²) in [5.74, 6) is 1.06. The number of rotatable bonds is 3. The Morgan fingerprint density at radius 3 is 2.62 bits per heavy atom. The van der Waals surface area contributed by atoms with Crippen LogP contribution in [0.25, 0.3) is 0 Å². The number of halogens is 1. The van der Waals surface area contributed by atoms with Crippen LogP contribution in [0.2, 0.25) is 5.02 Å². The van der Waals surface area contributed by atoms with E-state index in [0.717, 1.165) is 5.56 Å². The highest BCUT2D eigenvalue weighted by Crippen LogP contribution is 2.30. The molecule has 2 aromatic rings. The molecule has 1 aliphatic heterocycles. The molecule has 0 spiro atoms. The van der Waals surface area contributed by atoms with Crippen molar-refractivity contribution in [2.24, 2.45) is 0 Å². The summed E-state index contributed by atoms with van der Waals surface area (Å²) >= 11 is 5.82. The molecule has 0 aliphatic carbocycles. The molecule has 1 atom stereocenters. The molecule has 1 N–H and O–H groups in total. The number of amides is 1. The van der Waals surface area contributed by atoms with Crippen molar-refractivity contribution in [2.75, 3.05) is 6.61 Å². The number of hydrogen-bond donors (Lipinski definition) is 1. The highest BCUT2D eigenvalue weighted by atomic mass is 35.5. The normalized spacial score (nSPS) is 16.3. The van der Waals surface area contributed by atoms with E-state index in [-0.39, 0.29) is 12.5 Å². The van der Waals surface area contributed by atoms with E-state index in [0.29, 0.717) is 23.1 Å². The fourth-order valence-corrected chi connectivity index (χ4v) is 2.18. The van der Waals surface area contributed by atoms with Gasteiger partial charge in [-0.3, -0.25) is 4.79 Å². The van der Waals surface area contributed by atoms with Crippen LogP contribution in [0.15, 0.2) is 48.5 Å². The van der Waals surface area contributed by atoms with E-state index in [2.05, 4.69) is 5.32 Å². The topological polar surface area (TPSA) is 47.6 Å². The minimum atomic E-state index is -0.632. The number of para-hydroxylation sites is 2. The molecule has 0 saturated heterocycles. The lowest BCUT2D eigenvalue weighted by Gasteiger charge is -2.25. The Balaban J connectivity index is 1.58. The summed E-state index contributed by atoms with van der Waals surface area (Å²) in [4.78, 5) is 12.1. The number of hydrogen-bond acceptors (Lipinski definition) is 3. The van der Waals surface area contributed by atoms with Crippen LogP contribution in [-0.2, 0) is 11.3 Å². The predicted octanol–water partition coefficient (Wildman–Crippen LogP) is 2.80. The third kappa shape index (κ3) is 3.28. The van der Waals surface area contributed by atoms with Gasteiger partial charge in [0.05, 0.1) is 0 Å². The molecule has 3 rings (SSSR count). The molecule has 21 heavy (non-hydrogen) atoms. The molecule has 0 fully saturated rings. The van der Waals surface area contributed by atoms with Gasteiger partial charge in [0.2, 0.25) is 6.10 Å². The highest BCUT2D eigenvalue weighted by Gasteiger charge is 2.26. The molecule has 0 aromatic heterocycles. The van der Waals surface area contributed by atoms with E-state index in [1.54, 1.807) is 18.2 Å². The zero-order valence-corrected chi connectivity index (χ0v) is 12.0. The minimum absolute atomic E-state index is 0.195. The maximum absolute atomic E-state index is 12.1. The second kappa shape index (κ2) is 6.06. The van der Waals surface area contributed by atoms with Gasteiger partial charge in [-0.2, -0.15) is 0 Å². The van der Waals surface area contributed by atoms with E-state index in [1.165, 1.54) is 0 Å². The van der Waals surface area contributed by atoms with Gasteiger partial charge in [0.15, 0.2) is 11.5 Å². The number of benzene rings is 2. The number of carbonyl (C=O) groups excluding carboxylic acids is 1. The summed E-state index contributed by atoms with van der Waals surface area (Å²) in [6.45, 7) is 0.640. The van der Waals surface area contributed by atoms with Crippen molar-refractivity contribution in [3.05, 3.63) is 59.1 Å². The second-order valence-corrected chi connectivity index (χ2v) is 5.14. The molecule has 1 aliphatic rings. The average Bonchev–Trinajstić information content (AvgIpc) is 2.53. The maximum atomic E-state index is 12.1. The quantitative estimate of drug-likeness (QED) is 0.948. The SMILES string of the molecule is O=C(NCc1ccc(Cl)cc1)[C@@H]1COc2ccccc2O1. The summed E-state index contributed by atoms with van der Waals surface area (Å²) in [7, 11) is 0. The molecule has 0 bridgehead atoms. The first-order chi connectivity index (χ1) is 10.2. The van der Waals surface area contributed by atoms with Crippen molar-refractivity contribution < 1.29 is 14.3 Å². The number of ether oxygens (including phenoxy) is 2. The van der Waals surface area contributed by atoms with Gasteiger partial charge in [-0.15, -0.1) is 0 Å². The minimum Gasteiger partial charge on any atom is -0.485 e. The van der Waals surface area contributed by atoms with Crippen molar-refractivity contribution in [3.63, 3.8) is 0 Å². The molecular formula is C16H14ClNO3. The Kier molecular flexibility index (Phi) is 3.97. The number of nitrogens with one attached hydrogen (secondary N) is 1. The number of carbonyl (C=O) groups is 1. The van der Waals surface area contributed by atoms with Crippen LogP contribution in [0.5, 0.6) is 11.5 Å². The lowest BCUT2D eigenvalue weighted by Crippen LogP contribution is -2.43. The Bertz CT molecular complexity index is 642. The lowest BCUT2D eigenvalue weighted by atomic mass is 10.2. The molecule has 0 radical (unpaired) electrons. The highest BCUT2D eigenvalue weighted by molar-refractivity contribution is 6.30. The average molecular weight is 304 g/mol. The van der Waals surface area contributed by atoms with E-state index in [4.69, 9.17) is 21.1 Å². The molecular weight excluding hydrogens is 290 g/mol. The van der Waals surface area contributed by atoms with Crippen LogP contribution in [0.4, 0.5) is 0 Å². The van der Waals surface area contributed by atoms with E-state index < -0.39 is 6.10 Å². The van der Waals surface area contributed by atoms with Crippen molar-refractivity contribution in [2.45, 2.75) is 12.6 Å². The first-order valence-electron chi connectivity index (χ1n) is 6.63. The smallest absolute Gasteiger partial charge is 0.264 e. The van der Waals surface area contributed by atoms with Crippen molar-refractivity contribution in [3.8, 4) is 11.5 Å². The van der Waals surface area contributed by atoms with E-state index in [9.17, 15) is 4.79 Å². The van der Waals surface area contributed by atoms with Crippen LogP contribution in [0.1, 0.15) is 5.56 Å². The van der Waals surface area contributed by atoms with Crippen LogP contribution in [0, 0.1) is 0 Å². The Hall–Kier alpha value is -2.20. The fraction of sp³-hybridized carbons (Fsp3) is 0.188. The first-order valence-corrected chi connectivity index (χ1v) is 7.01. The van der Waals surface area contributed by atoms with Gasteiger partial charge in [-0.1, -0.05) is 35.9 Å². The van der Waals surface area contributed by atoms with Gasteiger partial charge in [-0.25, -0.2) is 0 Å². The van der Waals surface area contributed by atoms with Gasteiger partial charge in [-0.05, 0) is 29.8 Å². The van der Waals surface area contributed by atoms with Crippen LogP contribution < -0.4 is 14.8 Å². The molecule has 108 valence electrons. The third-order valence-corrected chi connectivity index (χ3v) is 3.43. The molecule has 4 nitrogen and oxygen atoms in total. The molecule has 1 heterocycles. The van der Waals surface area contributed by atoms with E-state index >= 15 is 0 Å². The number of fused-ring (bicyclic) bond motifs is 1. The van der Waals surface area contributed by atoms with Gasteiger partial charge >= 0.3 is 0 Å². The van der Waals surface area contributed by atoms with Crippen LogP contribution in [-0.4, -0.2) is 18.6 Å². The molecule has 0 unspecified atom stereocenters. The summed E-state index contributed by atoms with van der Waals surface area (Å²) in [6.07, 6.45) is -0.632. The third-order valence-electron chi connectivity index (χ3n) is 3.18. The van der Waals surface area contributed by atoms with E-state index in [1.807, 2.05) is 30.3 Å². The molecule has 0 saturated carbocycles. The fourth-order valence-electron chi connectivity index (χ4n) is 2.05. The van der Waals surface area contributed by atoms with Crippen LogP contribution in [0.3, 0.4) is 0 Å². The molecule has 5 heteroatoms. The zero-order valence-electron chi connectivity index (χ0n) is 11.2. The summed E-state index contributed by atoms with van der Waals surface area (Å²) in [5.41, 5.74) is 0.977. The van der Waals surface area contributed by atoms with Crippen molar-refractivity contribution in [1.29, 1.82) is 0 Å². The summed E-state index contributed by atoms with van der Waals surface area (Å²) in [6, 6.07) is 14.6. The van der Waals surface area contributed by atoms with Crippen LogP contribution >= 0.6 is 11.6 Å². The van der Waals surface area contributed by atoms with Gasteiger partial charge in [0.25, 0.3) is 5.91 Å². The predicted molar refractivity (Wildman–Crippen MR) is 79.7 cm³/mol. The van der Waals surface area contributed by atoms with Crippen molar-refractivity contribution >= 4 is 17.5 Å². The lowest BCUT2D eigenvalue weighted by molar-refractivity contribution is -0.130. The summed E-state index contributed by atoms with van der Waals surface area (Å²) < 4.78 is 11.2. The molecule has 1 amide bonds. The monoisotopic (exact) mass is 303 g/mol.